The van der Waals surface area contributed by atoms with E-state index in [1.54, 1.807) is 0 Å². The van der Waals surface area contributed by atoms with E-state index in [1.807, 2.05) is 12.1 Å². The van der Waals surface area contributed by atoms with Crippen LogP contribution in [-0.2, 0) is 0 Å². The normalized spacial score (nSPS) is 14.9. The lowest BCUT2D eigenvalue weighted by Gasteiger charge is -2.20. The van der Waals surface area contributed by atoms with Gasteiger partial charge in [-0.1, -0.05) is 52.2 Å². The van der Waals surface area contributed by atoms with E-state index >= 15 is 0 Å². The van der Waals surface area contributed by atoms with Crippen LogP contribution in [0, 0.1) is 5.92 Å². The Morgan fingerprint density at radius 3 is 2.27 bits per heavy atom. The predicted octanol–water partition coefficient (Wildman–Crippen LogP) is 4.20. The van der Waals surface area contributed by atoms with Crippen molar-refractivity contribution in [2.45, 2.75) is 46.0 Å². The van der Waals surface area contributed by atoms with Gasteiger partial charge in [0.25, 0.3) is 0 Å². The Labute approximate surface area is 93.7 Å². The molecule has 1 aromatic rings. The van der Waals surface area contributed by atoms with Crippen LogP contribution in [0.1, 0.15) is 51.5 Å². The molecule has 0 spiro atoms. The molecule has 1 nitrogen and oxygen atoms in total. The van der Waals surface area contributed by atoms with Gasteiger partial charge >= 0.3 is 0 Å². The predicted molar refractivity (Wildman–Crippen MR) is 68.0 cm³/mol. The van der Waals surface area contributed by atoms with E-state index in [0.717, 1.165) is 11.6 Å². The number of hydrogen-bond donors (Lipinski definition) is 1. The molecule has 0 saturated carbocycles. The van der Waals surface area contributed by atoms with Gasteiger partial charge in [-0.3, -0.25) is 0 Å². The Morgan fingerprint density at radius 1 is 1.13 bits per heavy atom. The summed E-state index contributed by atoms with van der Waals surface area (Å²) < 4.78 is 0. The van der Waals surface area contributed by atoms with Gasteiger partial charge < -0.3 is 5.73 Å². The molecule has 0 fully saturated rings. The molecule has 1 aromatic carbocycles. The molecular weight excluding hydrogens is 182 g/mol. The highest BCUT2D eigenvalue weighted by Crippen LogP contribution is 2.28. The molecule has 0 heterocycles. The third kappa shape index (κ3) is 3.58. The fourth-order valence-electron chi connectivity index (χ4n) is 1.90. The van der Waals surface area contributed by atoms with Crippen LogP contribution in [0.25, 0.3) is 0 Å². The molecule has 15 heavy (non-hydrogen) atoms. The van der Waals surface area contributed by atoms with E-state index in [9.17, 15) is 0 Å². The lowest BCUT2D eigenvalue weighted by molar-refractivity contribution is 0.436. The molecule has 2 atom stereocenters. The molecule has 0 aromatic heterocycles. The molecule has 0 aliphatic heterocycles. The number of benzene rings is 1. The van der Waals surface area contributed by atoms with E-state index in [-0.39, 0.29) is 0 Å². The maximum absolute atomic E-state index is 5.68. The van der Waals surface area contributed by atoms with E-state index in [1.165, 1.54) is 24.8 Å². The number of unbranched alkanes of at least 4 members (excludes halogenated alkanes) is 1. The number of anilines is 1. The van der Waals surface area contributed by atoms with Crippen LogP contribution >= 0.6 is 0 Å². The summed E-state index contributed by atoms with van der Waals surface area (Å²) in [5.41, 5.74) is 7.95. The van der Waals surface area contributed by atoms with Crippen LogP contribution in [0.3, 0.4) is 0 Å². The van der Waals surface area contributed by atoms with E-state index in [2.05, 4.69) is 32.9 Å². The van der Waals surface area contributed by atoms with Gasteiger partial charge in [-0.2, -0.15) is 0 Å². The zero-order valence-corrected chi connectivity index (χ0v) is 10.2. The van der Waals surface area contributed by atoms with Crippen molar-refractivity contribution in [1.82, 2.24) is 0 Å². The molecule has 0 saturated heterocycles. The van der Waals surface area contributed by atoms with Crippen molar-refractivity contribution >= 4 is 5.69 Å². The van der Waals surface area contributed by atoms with Crippen molar-refractivity contribution in [2.75, 3.05) is 5.73 Å². The van der Waals surface area contributed by atoms with E-state index < -0.39 is 0 Å². The number of hydrogen-bond acceptors (Lipinski definition) is 1. The molecule has 84 valence electrons. The summed E-state index contributed by atoms with van der Waals surface area (Å²) in [5.74, 6) is 1.39. The SMILES string of the molecule is CCCCC(C)C(C)c1ccc(N)cc1. The monoisotopic (exact) mass is 205 g/mol. The van der Waals surface area contributed by atoms with E-state index in [4.69, 9.17) is 5.73 Å². The second-order valence-corrected chi connectivity index (χ2v) is 4.57. The van der Waals surface area contributed by atoms with Crippen LogP contribution in [-0.4, -0.2) is 0 Å². The highest BCUT2D eigenvalue weighted by Gasteiger charge is 2.13. The van der Waals surface area contributed by atoms with Gasteiger partial charge in [-0.05, 0) is 29.5 Å². The van der Waals surface area contributed by atoms with Gasteiger partial charge in [0.15, 0.2) is 0 Å². The van der Waals surface area contributed by atoms with Crippen LogP contribution in [0.15, 0.2) is 24.3 Å². The largest absolute Gasteiger partial charge is 0.399 e. The Bertz CT molecular complexity index is 276. The van der Waals surface area contributed by atoms with Gasteiger partial charge in [0.2, 0.25) is 0 Å². The van der Waals surface area contributed by atoms with E-state index in [0.29, 0.717) is 5.92 Å². The third-order valence-electron chi connectivity index (χ3n) is 3.33. The van der Waals surface area contributed by atoms with Crippen LogP contribution < -0.4 is 5.73 Å². The zero-order chi connectivity index (χ0) is 11.3. The summed E-state index contributed by atoms with van der Waals surface area (Å²) in [5, 5.41) is 0. The molecule has 0 aliphatic rings. The molecule has 0 aliphatic carbocycles. The Morgan fingerprint density at radius 2 is 1.73 bits per heavy atom. The van der Waals surface area contributed by atoms with Crippen molar-refractivity contribution in [3.8, 4) is 0 Å². The van der Waals surface area contributed by atoms with Crippen LogP contribution in [0.2, 0.25) is 0 Å². The second kappa shape index (κ2) is 5.79. The molecular formula is C14H23N. The minimum absolute atomic E-state index is 0.636. The fourth-order valence-corrected chi connectivity index (χ4v) is 1.90. The molecule has 0 bridgehead atoms. The first-order valence-corrected chi connectivity index (χ1v) is 6.00. The van der Waals surface area contributed by atoms with Gasteiger partial charge in [0, 0.05) is 5.69 Å². The van der Waals surface area contributed by atoms with Crippen molar-refractivity contribution < 1.29 is 0 Å². The Hall–Kier alpha value is -0.980. The third-order valence-corrected chi connectivity index (χ3v) is 3.33. The maximum Gasteiger partial charge on any atom is 0.0314 e. The summed E-state index contributed by atoms with van der Waals surface area (Å²) in [6, 6.07) is 8.31. The summed E-state index contributed by atoms with van der Waals surface area (Å²) in [7, 11) is 0. The summed E-state index contributed by atoms with van der Waals surface area (Å²) in [6.07, 6.45) is 3.95. The highest BCUT2D eigenvalue weighted by molar-refractivity contribution is 5.40. The number of rotatable bonds is 5. The lowest BCUT2D eigenvalue weighted by Crippen LogP contribution is -2.06. The second-order valence-electron chi connectivity index (χ2n) is 4.57. The Kier molecular flexibility index (Phi) is 4.67. The molecule has 0 amide bonds. The minimum atomic E-state index is 0.636. The maximum atomic E-state index is 5.68. The summed E-state index contributed by atoms with van der Waals surface area (Å²) in [6.45, 7) is 6.91. The number of nitrogens with two attached hydrogens (primary N) is 1. The highest BCUT2D eigenvalue weighted by atomic mass is 14.5. The van der Waals surface area contributed by atoms with Gasteiger partial charge in [-0.25, -0.2) is 0 Å². The molecule has 2 N–H and O–H groups in total. The van der Waals surface area contributed by atoms with Gasteiger partial charge in [0.1, 0.15) is 0 Å². The van der Waals surface area contributed by atoms with Crippen LogP contribution in [0.5, 0.6) is 0 Å². The van der Waals surface area contributed by atoms with Crippen LogP contribution in [0.4, 0.5) is 5.69 Å². The molecule has 1 rings (SSSR count). The van der Waals surface area contributed by atoms with Crippen molar-refractivity contribution in [3.05, 3.63) is 29.8 Å². The standard InChI is InChI=1S/C14H23N/c1-4-5-6-11(2)12(3)13-7-9-14(15)10-8-13/h7-12H,4-6,15H2,1-3H3. The lowest BCUT2D eigenvalue weighted by atomic mass is 9.85. The van der Waals surface area contributed by atoms with Crippen molar-refractivity contribution in [2.24, 2.45) is 5.92 Å². The quantitative estimate of drug-likeness (QED) is 0.716. The van der Waals surface area contributed by atoms with Gasteiger partial charge in [0.05, 0.1) is 0 Å². The average Bonchev–Trinajstić information content (AvgIpc) is 2.26. The zero-order valence-electron chi connectivity index (χ0n) is 10.2. The van der Waals surface area contributed by atoms with Gasteiger partial charge in [-0.15, -0.1) is 0 Å². The minimum Gasteiger partial charge on any atom is -0.399 e. The fraction of sp³-hybridized carbons (Fsp3) is 0.571. The molecule has 0 radical (unpaired) electrons. The van der Waals surface area contributed by atoms with Crippen molar-refractivity contribution in [3.63, 3.8) is 0 Å². The molecule has 1 heteroatoms. The first-order valence-electron chi connectivity index (χ1n) is 6.00. The van der Waals surface area contributed by atoms with Crippen molar-refractivity contribution in [1.29, 1.82) is 0 Å². The first kappa shape index (κ1) is 12.1. The summed E-state index contributed by atoms with van der Waals surface area (Å²) in [4.78, 5) is 0. The Balaban J connectivity index is 2.59. The number of nitrogen functional groups attached to an aromatic ring is 1. The smallest absolute Gasteiger partial charge is 0.0314 e. The molecule has 2 unspecified atom stereocenters. The summed E-state index contributed by atoms with van der Waals surface area (Å²) >= 11 is 0. The average molecular weight is 205 g/mol. The first-order chi connectivity index (χ1) is 7.15. The topological polar surface area (TPSA) is 26.0 Å².